The topological polar surface area (TPSA) is 75.4 Å². The van der Waals surface area contributed by atoms with Gasteiger partial charge in [-0.2, -0.15) is 0 Å². The van der Waals surface area contributed by atoms with Gasteiger partial charge in [0.15, 0.2) is 0 Å². The number of carbonyl (C=O) groups is 2. The molecule has 0 bridgehead atoms. The molecule has 0 aromatic heterocycles. The van der Waals surface area contributed by atoms with E-state index in [-0.39, 0.29) is 29.8 Å². The van der Waals surface area contributed by atoms with Crippen molar-refractivity contribution in [2.75, 3.05) is 13.1 Å². The van der Waals surface area contributed by atoms with Gasteiger partial charge in [-0.05, 0) is 37.3 Å². The summed E-state index contributed by atoms with van der Waals surface area (Å²) in [5.41, 5.74) is 7.32. The molecule has 1 atom stereocenters. The lowest BCUT2D eigenvalue weighted by Gasteiger charge is -2.37. The second-order valence-electron chi connectivity index (χ2n) is 7.74. The van der Waals surface area contributed by atoms with Crippen molar-refractivity contribution in [1.82, 2.24) is 10.2 Å². The molecular formula is C23H29N3O2. The summed E-state index contributed by atoms with van der Waals surface area (Å²) in [6.45, 7) is 3.28. The van der Waals surface area contributed by atoms with Crippen LogP contribution < -0.4 is 11.1 Å². The molecule has 1 saturated heterocycles. The summed E-state index contributed by atoms with van der Waals surface area (Å²) in [4.78, 5) is 26.1. The Balaban J connectivity index is 1.78. The van der Waals surface area contributed by atoms with E-state index < -0.39 is 0 Å². The van der Waals surface area contributed by atoms with Gasteiger partial charge in [0.2, 0.25) is 5.91 Å². The van der Waals surface area contributed by atoms with Crippen LogP contribution >= 0.6 is 0 Å². The molecular weight excluding hydrogens is 350 g/mol. The monoisotopic (exact) mass is 379 g/mol. The lowest BCUT2D eigenvalue weighted by Crippen LogP contribution is -2.52. The van der Waals surface area contributed by atoms with Crippen LogP contribution in [0, 0.1) is 0 Å². The summed E-state index contributed by atoms with van der Waals surface area (Å²) in [5, 5.41) is 3.13. The summed E-state index contributed by atoms with van der Waals surface area (Å²) in [5.74, 6) is -0.358. The Morgan fingerprint density at radius 3 is 2.14 bits per heavy atom. The van der Waals surface area contributed by atoms with E-state index in [2.05, 4.69) is 36.5 Å². The lowest BCUT2D eigenvalue weighted by atomic mass is 9.76. The molecule has 2 aromatic carbocycles. The van der Waals surface area contributed by atoms with Gasteiger partial charge in [0, 0.05) is 31.0 Å². The molecule has 0 unspecified atom stereocenters. The molecule has 28 heavy (non-hydrogen) atoms. The van der Waals surface area contributed by atoms with Gasteiger partial charge in [0.25, 0.3) is 0 Å². The Morgan fingerprint density at radius 1 is 1.04 bits per heavy atom. The molecule has 3 N–H and O–H groups in total. The Morgan fingerprint density at radius 2 is 1.61 bits per heavy atom. The molecule has 5 nitrogen and oxygen atoms in total. The third-order valence-corrected chi connectivity index (χ3v) is 5.74. The molecule has 148 valence electrons. The van der Waals surface area contributed by atoms with E-state index >= 15 is 0 Å². The predicted molar refractivity (Wildman–Crippen MR) is 111 cm³/mol. The Kier molecular flexibility index (Phi) is 6.34. The number of amides is 3. The van der Waals surface area contributed by atoms with Crippen molar-refractivity contribution in [2.45, 2.75) is 44.1 Å². The van der Waals surface area contributed by atoms with Gasteiger partial charge >= 0.3 is 6.03 Å². The molecule has 0 spiro atoms. The maximum Gasteiger partial charge on any atom is 0.317 e. The summed E-state index contributed by atoms with van der Waals surface area (Å²) in [6, 6.07) is 20.2. The van der Waals surface area contributed by atoms with Gasteiger partial charge in [-0.1, -0.05) is 60.7 Å². The molecule has 1 aliphatic rings. The molecule has 0 saturated carbocycles. The molecule has 1 fully saturated rings. The smallest absolute Gasteiger partial charge is 0.317 e. The van der Waals surface area contributed by atoms with Gasteiger partial charge in [0.1, 0.15) is 0 Å². The number of urea groups is 1. The second kappa shape index (κ2) is 8.91. The zero-order valence-corrected chi connectivity index (χ0v) is 16.4. The minimum Gasteiger partial charge on any atom is -0.370 e. The number of carbonyl (C=O) groups excluding carboxylic acids is 2. The van der Waals surface area contributed by atoms with Crippen molar-refractivity contribution in [3.63, 3.8) is 0 Å². The first kappa shape index (κ1) is 19.9. The van der Waals surface area contributed by atoms with Crippen LogP contribution in [-0.2, 0) is 10.2 Å². The average Bonchev–Trinajstić information content (AvgIpc) is 2.73. The Hall–Kier alpha value is -2.82. The van der Waals surface area contributed by atoms with Crippen molar-refractivity contribution >= 4 is 11.9 Å². The standard InChI is InChI=1S/C23H29N3O2/c1-23(18-10-4-2-5-11-18,19-12-6-3-7-13-19)17-25-22(28)26-15-9-8-14-20(26)16-21(24)27/h2-7,10-13,20H,8-9,14-17H2,1H3,(H2,24,27)(H,25,28)/t20-/m1/s1. The number of likely N-dealkylation sites (tertiary alicyclic amines) is 1. The maximum absolute atomic E-state index is 13.0. The van der Waals surface area contributed by atoms with Gasteiger partial charge in [-0.15, -0.1) is 0 Å². The van der Waals surface area contributed by atoms with Crippen LogP contribution in [0.15, 0.2) is 60.7 Å². The van der Waals surface area contributed by atoms with E-state index in [1.807, 2.05) is 36.4 Å². The van der Waals surface area contributed by atoms with E-state index in [0.717, 1.165) is 30.4 Å². The largest absolute Gasteiger partial charge is 0.370 e. The van der Waals surface area contributed by atoms with Gasteiger partial charge in [0.05, 0.1) is 0 Å². The fraction of sp³-hybridized carbons (Fsp3) is 0.391. The Labute approximate surface area is 166 Å². The van der Waals surface area contributed by atoms with Crippen LogP contribution in [0.5, 0.6) is 0 Å². The zero-order valence-electron chi connectivity index (χ0n) is 16.4. The first-order valence-corrected chi connectivity index (χ1v) is 9.94. The van der Waals surface area contributed by atoms with E-state index in [9.17, 15) is 9.59 Å². The van der Waals surface area contributed by atoms with Crippen molar-refractivity contribution in [3.8, 4) is 0 Å². The van der Waals surface area contributed by atoms with Crippen molar-refractivity contribution < 1.29 is 9.59 Å². The number of nitrogens with two attached hydrogens (primary N) is 1. The number of piperidine rings is 1. The van der Waals surface area contributed by atoms with Crippen molar-refractivity contribution in [2.24, 2.45) is 5.73 Å². The SMILES string of the molecule is CC(CNC(=O)N1CCCC[C@@H]1CC(N)=O)(c1ccccc1)c1ccccc1. The fourth-order valence-corrected chi connectivity index (χ4v) is 4.05. The normalized spacial score (nSPS) is 17.2. The van der Waals surface area contributed by atoms with Crippen molar-refractivity contribution in [3.05, 3.63) is 71.8 Å². The zero-order chi connectivity index (χ0) is 20.0. The number of hydrogen-bond donors (Lipinski definition) is 2. The van der Waals surface area contributed by atoms with Crippen LogP contribution in [0.2, 0.25) is 0 Å². The Bertz CT molecular complexity index is 753. The quantitative estimate of drug-likeness (QED) is 0.807. The van der Waals surface area contributed by atoms with Crippen LogP contribution in [0.25, 0.3) is 0 Å². The highest BCUT2D eigenvalue weighted by molar-refractivity contribution is 5.78. The van der Waals surface area contributed by atoms with E-state index in [1.165, 1.54) is 0 Å². The highest BCUT2D eigenvalue weighted by Gasteiger charge is 2.32. The number of primary amides is 1. The number of hydrogen-bond acceptors (Lipinski definition) is 2. The van der Waals surface area contributed by atoms with Crippen LogP contribution in [0.4, 0.5) is 4.79 Å². The second-order valence-corrected chi connectivity index (χ2v) is 7.74. The minimum absolute atomic E-state index is 0.106. The molecule has 0 aliphatic carbocycles. The first-order valence-electron chi connectivity index (χ1n) is 9.94. The highest BCUT2D eigenvalue weighted by Crippen LogP contribution is 2.31. The van der Waals surface area contributed by atoms with E-state index in [4.69, 9.17) is 5.73 Å². The molecule has 1 heterocycles. The van der Waals surface area contributed by atoms with Crippen LogP contribution in [0.1, 0.15) is 43.7 Å². The highest BCUT2D eigenvalue weighted by atomic mass is 16.2. The maximum atomic E-state index is 13.0. The van der Waals surface area contributed by atoms with Crippen LogP contribution in [0.3, 0.4) is 0 Å². The van der Waals surface area contributed by atoms with Gasteiger partial charge in [-0.25, -0.2) is 4.79 Å². The molecule has 1 aliphatic heterocycles. The summed E-state index contributed by atoms with van der Waals surface area (Å²) in [7, 11) is 0. The van der Waals surface area contributed by atoms with E-state index in [1.54, 1.807) is 4.90 Å². The van der Waals surface area contributed by atoms with E-state index in [0.29, 0.717) is 13.1 Å². The molecule has 5 heteroatoms. The van der Waals surface area contributed by atoms with Crippen LogP contribution in [-0.4, -0.2) is 36.0 Å². The number of nitrogens with zero attached hydrogens (tertiary/aromatic N) is 1. The summed E-state index contributed by atoms with van der Waals surface area (Å²) < 4.78 is 0. The number of benzene rings is 2. The third kappa shape index (κ3) is 4.53. The van der Waals surface area contributed by atoms with Gasteiger partial charge in [-0.3, -0.25) is 4.79 Å². The average molecular weight is 380 g/mol. The number of nitrogens with one attached hydrogen (secondary N) is 1. The summed E-state index contributed by atoms with van der Waals surface area (Å²) >= 11 is 0. The number of rotatable bonds is 6. The lowest BCUT2D eigenvalue weighted by molar-refractivity contribution is -0.119. The molecule has 3 amide bonds. The predicted octanol–water partition coefficient (Wildman–Crippen LogP) is 3.43. The minimum atomic E-state index is -0.358. The third-order valence-electron chi connectivity index (χ3n) is 5.74. The molecule has 3 rings (SSSR count). The van der Waals surface area contributed by atoms with Gasteiger partial charge < -0.3 is 16.0 Å². The fourth-order valence-electron chi connectivity index (χ4n) is 4.05. The first-order chi connectivity index (χ1) is 13.5. The summed E-state index contributed by atoms with van der Waals surface area (Å²) in [6.07, 6.45) is 3.03. The van der Waals surface area contributed by atoms with Crippen molar-refractivity contribution in [1.29, 1.82) is 0 Å². The molecule has 2 aromatic rings. The molecule has 0 radical (unpaired) electrons.